The van der Waals surface area contributed by atoms with E-state index in [4.69, 9.17) is 5.73 Å². The van der Waals surface area contributed by atoms with Gasteiger partial charge in [-0.2, -0.15) is 0 Å². The van der Waals surface area contributed by atoms with Crippen LogP contribution in [0.25, 0.3) is 0 Å². The number of nitrogens with zero attached hydrogens (tertiary/aromatic N) is 5. The predicted octanol–water partition coefficient (Wildman–Crippen LogP) is -4.54. The summed E-state index contributed by atoms with van der Waals surface area (Å²) in [4.78, 5) is 126. The van der Waals surface area contributed by atoms with Gasteiger partial charge in [0.15, 0.2) is 5.96 Å². The first-order valence-electron chi connectivity index (χ1n) is 24.0. The first-order chi connectivity index (χ1) is 33.9. The number of amides is 5. The van der Waals surface area contributed by atoms with Crippen LogP contribution in [0.15, 0.2) is 35.3 Å². The number of carbonyl (C=O) groups is 9. The topological polar surface area (TPSA) is 370 Å². The van der Waals surface area contributed by atoms with Crippen molar-refractivity contribution in [2.24, 2.45) is 10.7 Å². The minimum absolute atomic E-state index is 0.0326. The van der Waals surface area contributed by atoms with Crippen LogP contribution >= 0.6 is 0 Å². The second-order valence-electron chi connectivity index (χ2n) is 18.0. The van der Waals surface area contributed by atoms with E-state index < -0.39 is 78.1 Å². The molecular formula is C45H71N13O13. The van der Waals surface area contributed by atoms with Gasteiger partial charge < -0.3 is 63.4 Å². The molecule has 13 N–H and O–H groups in total. The van der Waals surface area contributed by atoms with Gasteiger partial charge in [-0.05, 0) is 44.1 Å². The average molecular weight is 1000 g/mol. The summed E-state index contributed by atoms with van der Waals surface area (Å²) in [6, 6.07) is 4.20. The Kier molecular flexibility index (Phi) is 24.4. The minimum atomic E-state index is -1.52. The number of aliphatic imine (C=N–C) groups is 1. The molecule has 2 saturated heterocycles. The first kappa shape index (κ1) is 57.1. The molecule has 3 aliphatic rings. The van der Waals surface area contributed by atoms with E-state index >= 15 is 0 Å². The molecule has 0 aliphatic carbocycles. The third-order valence-electron chi connectivity index (χ3n) is 12.2. The molecule has 2 fully saturated rings. The molecule has 0 spiro atoms. The zero-order chi connectivity index (χ0) is 51.7. The maximum absolute atomic E-state index is 14.2. The normalized spacial score (nSPS) is 23.5. The Bertz CT molecular complexity index is 1970. The van der Waals surface area contributed by atoms with Gasteiger partial charge in [0.05, 0.1) is 39.1 Å². The van der Waals surface area contributed by atoms with Crippen LogP contribution in [0.2, 0.25) is 0 Å². The molecule has 26 nitrogen and oxygen atoms in total. The number of nitrogens with one attached hydrogen (secondary N) is 7. The van der Waals surface area contributed by atoms with Crippen molar-refractivity contribution in [2.75, 3.05) is 105 Å². The van der Waals surface area contributed by atoms with Gasteiger partial charge in [0, 0.05) is 90.5 Å². The number of aliphatic carboxylic acids is 4. The Hall–Kier alpha value is -6.48. The lowest BCUT2D eigenvalue weighted by atomic mass is 10.0. The number of rotatable bonds is 20. The summed E-state index contributed by atoms with van der Waals surface area (Å²) in [5.74, 6) is -7.45. The van der Waals surface area contributed by atoms with Gasteiger partial charge in [0.2, 0.25) is 29.5 Å². The summed E-state index contributed by atoms with van der Waals surface area (Å²) in [6.07, 6.45) is 1.70. The molecule has 71 heavy (non-hydrogen) atoms. The molecule has 3 aliphatic heterocycles. The Labute approximate surface area is 411 Å². The van der Waals surface area contributed by atoms with Gasteiger partial charge in [-0.1, -0.05) is 30.3 Å². The number of guanidine groups is 1. The monoisotopic (exact) mass is 1000 g/mol. The fourth-order valence-electron chi connectivity index (χ4n) is 8.42. The Morgan fingerprint density at radius 3 is 1.68 bits per heavy atom. The molecule has 0 aromatic heterocycles. The van der Waals surface area contributed by atoms with Crippen molar-refractivity contribution < 1.29 is 63.6 Å². The third kappa shape index (κ3) is 22.9. The van der Waals surface area contributed by atoms with Gasteiger partial charge in [-0.25, -0.2) is 0 Å². The van der Waals surface area contributed by atoms with Crippen LogP contribution in [-0.4, -0.2) is 234 Å². The molecule has 0 saturated carbocycles. The van der Waals surface area contributed by atoms with Crippen molar-refractivity contribution in [1.82, 2.24) is 56.8 Å². The Balaban J connectivity index is 1.47. The molecule has 4 rings (SSSR count). The molecule has 0 bridgehead atoms. The first-order valence-corrected chi connectivity index (χ1v) is 24.0. The van der Waals surface area contributed by atoms with E-state index in [0.29, 0.717) is 50.2 Å². The van der Waals surface area contributed by atoms with Crippen molar-refractivity contribution in [3.05, 3.63) is 35.9 Å². The van der Waals surface area contributed by atoms with Crippen molar-refractivity contribution in [2.45, 2.75) is 81.6 Å². The molecule has 3 heterocycles. The van der Waals surface area contributed by atoms with Gasteiger partial charge in [0.1, 0.15) is 18.1 Å². The summed E-state index contributed by atoms with van der Waals surface area (Å²) < 4.78 is 0. The van der Waals surface area contributed by atoms with Crippen LogP contribution in [0.3, 0.4) is 0 Å². The summed E-state index contributed by atoms with van der Waals surface area (Å²) in [5, 5.41) is 58.0. The van der Waals surface area contributed by atoms with Gasteiger partial charge in [0.25, 0.3) is 0 Å². The second kappa shape index (κ2) is 30.3. The molecule has 5 atom stereocenters. The lowest BCUT2D eigenvalue weighted by molar-refractivity contribution is -0.141. The van der Waals surface area contributed by atoms with Crippen LogP contribution in [0.4, 0.5) is 0 Å². The number of carboxylic acid groups (broad SMARTS) is 4. The molecule has 1 aromatic rings. The van der Waals surface area contributed by atoms with Crippen molar-refractivity contribution in [3.63, 3.8) is 0 Å². The van der Waals surface area contributed by atoms with E-state index in [1.165, 1.54) is 0 Å². The SMILES string of the molecule is NC1=NCCC(CC[C@H]2CNCC(=O)N[C@@H](CC(=O)O)C(=O)N[C@H](Cc3ccccc3)C(=O)NC(CCCCNC(=O)CN3CCN(CC(=O)O)CCN(CC(=O)O)CCN(CC(=O)O)CC3)C(=O)N2)N1. The predicted molar refractivity (Wildman–Crippen MR) is 256 cm³/mol. The van der Waals surface area contributed by atoms with E-state index in [0.717, 1.165) is 0 Å². The minimum Gasteiger partial charge on any atom is -0.481 e. The molecular weight excluding hydrogens is 931 g/mol. The van der Waals surface area contributed by atoms with Gasteiger partial charge >= 0.3 is 23.9 Å². The average Bonchev–Trinajstić information content (AvgIpc) is 3.30. The molecule has 2 unspecified atom stereocenters. The Morgan fingerprint density at radius 2 is 1.13 bits per heavy atom. The summed E-state index contributed by atoms with van der Waals surface area (Å²) >= 11 is 0. The van der Waals surface area contributed by atoms with E-state index in [1.54, 1.807) is 49.9 Å². The van der Waals surface area contributed by atoms with E-state index in [-0.39, 0.29) is 123 Å². The number of carboxylic acids is 4. The van der Waals surface area contributed by atoms with Gasteiger partial charge in [-0.15, -0.1) is 0 Å². The zero-order valence-electron chi connectivity index (χ0n) is 40.0. The van der Waals surface area contributed by atoms with Crippen molar-refractivity contribution in [3.8, 4) is 0 Å². The van der Waals surface area contributed by atoms with Crippen molar-refractivity contribution in [1.29, 1.82) is 0 Å². The number of hydrogen-bond donors (Lipinski definition) is 12. The number of carbonyl (C=O) groups excluding carboxylic acids is 5. The molecule has 394 valence electrons. The van der Waals surface area contributed by atoms with Crippen LogP contribution in [0.1, 0.15) is 50.5 Å². The summed E-state index contributed by atoms with van der Waals surface area (Å²) in [6.45, 7) is 1.40. The highest BCUT2D eigenvalue weighted by Gasteiger charge is 2.32. The fraction of sp³-hybridized carbons (Fsp3) is 0.644. The quantitative estimate of drug-likeness (QED) is 0.0548. The summed E-state index contributed by atoms with van der Waals surface area (Å²) in [5.41, 5.74) is 6.56. The lowest BCUT2D eigenvalue weighted by Crippen LogP contribution is -2.58. The maximum atomic E-state index is 14.2. The van der Waals surface area contributed by atoms with E-state index in [2.05, 4.69) is 42.2 Å². The highest BCUT2D eigenvalue weighted by Crippen LogP contribution is 2.12. The highest BCUT2D eigenvalue weighted by atomic mass is 16.4. The van der Waals surface area contributed by atoms with E-state index in [9.17, 15) is 63.6 Å². The lowest BCUT2D eigenvalue weighted by Gasteiger charge is -2.32. The van der Waals surface area contributed by atoms with Crippen LogP contribution in [0.5, 0.6) is 0 Å². The largest absolute Gasteiger partial charge is 0.481 e. The highest BCUT2D eigenvalue weighted by molar-refractivity contribution is 5.96. The smallest absolute Gasteiger partial charge is 0.317 e. The number of benzene rings is 1. The second-order valence-corrected chi connectivity index (χ2v) is 18.0. The number of nitrogens with two attached hydrogens (primary N) is 1. The molecule has 1 aromatic carbocycles. The van der Waals surface area contributed by atoms with Crippen LogP contribution in [-0.2, 0) is 49.6 Å². The molecule has 26 heteroatoms. The Morgan fingerprint density at radius 1 is 0.606 bits per heavy atom. The van der Waals surface area contributed by atoms with E-state index in [1.807, 2.05) is 0 Å². The summed E-state index contributed by atoms with van der Waals surface area (Å²) in [7, 11) is 0. The van der Waals surface area contributed by atoms with Crippen LogP contribution in [0, 0.1) is 0 Å². The molecule has 0 radical (unpaired) electrons. The third-order valence-corrected chi connectivity index (χ3v) is 12.2. The standard InChI is InChI=1S/C45H71N13O13/c46-45-49-13-11-31(51-45)9-10-32-24-47-25-36(59)52-35(23-38(61)62)44(71)54-34(22-30-6-2-1-3-7-30)43(70)53-33(42(69)50-32)8-4-5-12-48-37(60)26-55-14-16-56(27-39(63)64)18-20-58(29-41(67)68)21-19-57(17-15-55)28-40(65)66/h1-3,6-7,31-35,47H,4-5,8-29H2,(H,48,60)(H,50,69)(H,52,59)(H,53,70)(H,54,71)(H,61,62)(H,63,64)(H,65,66)(H,67,68)(H3,46,49,51)/t31?,32-,33?,34+,35-/m0/s1. The fourth-order valence-corrected chi connectivity index (χ4v) is 8.42. The number of hydrogen-bond acceptors (Lipinski definition) is 17. The van der Waals surface area contributed by atoms with Crippen LogP contribution < -0.4 is 43.0 Å². The maximum Gasteiger partial charge on any atom is 0.317 e. The number of unbranched alkanes of at least 4 members (excludes halogenated alkanes) is 1. The van der Waals surface area contributed by atoms with Gasteiger partial charge in [-0.3, -0.25) is 67.7 Å². The zero-order valence-corrected chi connectivity index (χ0v) is 40.0. The van der Waals surface area contributed by atoms with Crippen molar-refractivity contribution >= 4 is 59.4 Å². The molecule has 5 amide bonds.